The predicted molar refractivity (Wildman–Crippen MR) is 66.8 cm³/mol. The molecule has 0 bridgehead atoms. The second kappa shape index (κ2) is 19.3. The molecule has 0 aromatic carbocycles. The van der Waals surface area contributed by atoms with Gasteiger partial charge in [-0.2, -0.15) is 0 Å². The average molecular weight is 389 g/mol. The zero-order chi connectivity index (χ0) is 9.71. The van der Waals surface area contributed by atoms with Gasteiger partial charge in [0.2, 0.25) is 16.3 Å². The summed E-state index contributed by atoms with van der Waals surface area (Å²) in [6.45, 7) is 2.19. The second-order valence-electron chi connectivity index (χ2n) is 1.98. The molecule has 0 atom stereocenters. The van der Waals surface area contributed by atoms with E-state index >= 15 is 0 Å². The van der Waals surface area contributed by atoms with Crippen molar-refractivity contribution in [2.45, 2.75) is 24.2 Å². The third-order valence-corrected chi connectivity index (χ3v) is 0.450. The Morgan fingerprint density at radius 3 is 0.812 bits per heavy atom. The summed E-state index contributed by atoms with van der Waals surface area (Å²) in [6.07, 6.45) is 0. The van der Waals surface area contributed by atoms with Crippen molar-refractivity contribution < 1.29 is 47.4 Å². The Bertz CT molecular complexity index is 97.7. The quantitative estimate of drug-likeness (QED) is 0.228. The van der Waals surface area contributed by atoms with Gasteiger partial charge in [-0.25, -0.2) is 0 Å². The first-order valence-electron chi connectivity index (χ1n) is 3.01. The minimum absolute atomic E-state index is 0. The van der Waals surface area contributed by atoms with Gasteiger partial charge < -0.3 is 30.6 Å². The van der Waals surface area contributed by atoms with Crippen LogP contribution in [0.5, 0.6) is 0 Å². The fourth-order valence-electron chi connectivity index (χ4n) is 0. The molecule has 12 heteroatoms. The molecule has 16 heavy (non-hydrogen) atoms. The molecule has 0 aromatic heterocycles. The Hall–Kier alpha value is 1.96. The van der Waals surface area contributed by atoms with Crippen molar-refractivity contribution in [1.82, 2.24) is 0 Å². The standard InChI is InChI=1S/C2H6O6.C2H5.Al.4ClH.Co.2H/c3-1(4,5)2(6,7)8;1-2;;;;;;;;/h3-8H;1H2,2H3;;4*1H;;;. The normalized spacial score (nSPS) is 8.19. The molecule has 109 valence electrons. The summed E-state index contributed by atoms with van der Waals surface area (Å²) in [7, 11) is 0. The molecule has 0 aliphatic rings. The fraction of sp³-hybridized carbons (Fsp3) is 1.00. The Morgan fingerprint density at radius 2 is 0.812 bits per heavy atom. The molecule has 0 aromatic rings. The molecule has 0 saturated heterocycles. The van der Waals surface area contributed by atoms with Gasteiger partial charge in [0.1, 0.15) is 0 Å². The van der Waals surface area contributed by atoms with Crippen LogP contribution < -0.4 is 0 Å². The van der Waals surface area contributed by atoms with Crippen molar-refractivity contribution >= 4 is 65.9 Å². The van der Waals surface area contributed by atoms with Crippen molar-refractivity contribution in [3.63, 3.8) is 0 Å². The average Bonchev–Trinajstić information content (AvgIpc) is 1.60. The van der Waals surface area contributed by atoms with Crippen LogP contribution in [0.2, 0.25) is 5.28 Å². The van der Waals surface area contributed by atoms with Crippen molar-refractivity contribution in [3.8, 4) is 0 Å². The molecule has 0 unspecified atom stereocenters. The van der Waals surface area contributed by atoms with E-state index < -0.39 is 11.9 Å². The Kier molecular flexibility index (Phi) is 51.9. The third kappa shape index (κ3) is 29.7. The van der Waals surface area contributed by atoms with E-state index in [0.717, 1.165) is 0 Å². The van der Waals surface area contributed by atoms with E-state index in [0.29, 0.717) is 0 Å². The Balaban J connectivity index is -0.0000000185. The smallest absolute Gasteiger partial charge is 0.337 e. The molecule has 0 heterocycles. The Morgan fingerprint density at radius 1 is 0.750 bits per heavy atom. The minimum atomic E-state index is -3.90. The van der Waals surface area contributed by atoms with Gasteiger partial charge in [0.15, 0.2) is 0 Å². The molecule has 1 radical (unpaired) electrons. The summed E-state index contributed by atoms with van der Waals surface area (Å²) >= 11 is 1.37. The first-order chi connectivity index (χ1) is 4.66. The van der Waals surface area contributed by atoms with Crippen LogP contribution in [0.3, 0.4) is 0 Å². The van der Waals surface area contributed by atoms with Gasteiger partial charge in [-0.15, -0.1) is 54.9 Å². The number of hydrogen-bond donors (Lipinski definition) is 6. The van der Waals surface area contributed by atoms with E-state index in [2.05, 4.69) is 6.92 Å². The van der Waals surface area contributed by atoms with Gasteiger partial charge >= 0.3 is 11.9 Å². The predicted octanol–water partition coefficient (Wildman–Crippen LogP) is -2.01. The number of halogens is 4. The van der Waals surface area contributed by atoms with Crippen LogP contribution in [-0.2, 0) is 16.8 Å². The summed E-state index contributed by atoms with van der Waals surface area (Å²) < 4.78 is 0. The molecular weight excluding hydrogens is 372 g/mol. The number of rotatable bonds is 1. The second-order valence-corrected chi connectivity index (χ2v) is 3.39. The molecule has 6 nitrogen and oxygen atoms in total. The molecule has 0 aliphatic carbocycles. The molecule has 0 spiro atoms. The SMILES string of the molecule is C[CH2][AlH2].Cl.Cl.Cl.Cl.OC(O)(O)C(O)(O)O.[Co]. The summed E-state index contributed by atoms with van der Waals surface area (Å²) in [5.41, 5.74) is 0. The third-order valence-electron chi connectivity index (χ3n) is 0.450. The van der Waals surface area contributed by atoms with Crippen molar-refractivity contribution in [1.29, 1.82) is 0 Å². The van der Waals surface area contributed by atoms with Gasteiger partial charge in [0.25, 0.3) is 0 Å². The van der Waals surface area contributed by atoms with E-state index in [1.165, 1.54) is 21.6 Å². The van der Waals surface area contributed by atoms with Crippen molar-refractivity contribution in [2.75, 3.05) is 0 Å². The summed E-state index contributed by atoms with van der Waals surface area (Å²) in [5.74, 6) is -7.79. The van der Waals surface area contributed by atoms with Crippen LogP contribution >= 0.6 is 49.6 Å². The zero-order valence-electron chi connectivity index (χ0n) is 8.36. The maximum absolute atomic E-state index is 7.72. The maximum atomic E-state index is 7.72. The summed E-state index contributed by atoms with van der Waals surface area (Å²) in [6, 6.07) is 0. The van der Waals surface area contributed by atoms with Crippen LogP contribution in [0.25, 0.3) is 0 Å². The van der Waals surface area contributed by atoms with Gasteiger partial charge in [0.05, 0.1) is 0 Å². The van der Waals surface area contributed by atoms with Gasteiger partial charge in [0, 0.05) is 16.8 Å². The minimum Gasteiger partial charge on any atom is -0.337 e. The number of hydrogen-bond acceptors (Lipinski definition) is 6. The van der Waals surface area contributed by atoms with Crippen LogP contribution in [0, 0.1) is 0 Å². The van der Waals surface area contributed by atoms with Crippen molar-refractivity contribution in [2.24, 2.45) is 0 Å². The topological polar surface area (TPSA) is 121 Å². The van der Waals surface area contributed by atoms with E-state index in [1.807, 2.05) is 0 Å². The summed E-state index contributed by atoms with van der Waals surface area (Å²) in [5, 5.41) is 47.7. The van der Waals surface area contributed by atoms with E-state index in [1.54, 1.807) is 0 Å². The Labute approximate surface area is 137 Å². The largest absolute Gasteiger partial charge is 0.362 e. The monoisotopic (exact) mass is 387 g/mol. The molecule has 6 N–H and O–H groups in total. The molecule has 0 fully saturated rings. The van der Waals surface area contributed by atoms with Crippen LogP contribution in [0.1, 0.15) is 6.92 Å². The molecule has 0 amide bonds. The molecule has 0 aliphatic heterocycles. The van der Waals surface area contributed by atoms with Crippen molar-refractivity contribution in [3.05, 3.63) is 0 Å². The first kappa shape index (κ1) is 43.0. The van der Waals surface area contributed by atoms with Crippen LogP contribution in [0.15, 0.2) is 0 Å². The maximum Gasteiger partial charge on any atom is 0.362 e. The summed E-state index contributed by atoms with van der Waals surface area (Å²) in [4.78, 5) is 0. The first-order valence-corrected chi connectivity index (χ1v) is 4.42. The van der Waals surface area contributed by atoms with E-state index in [9.17, 15) is 0 Å². The van der Waals surface area contributed by atoms with E-state index in [-0.39, 0.29) is 66.4 Å². The van der Waals surface area contributed by atoms with Crippen LogP contribution in [-0.4, -0.2) is 58.9 Å². The van der Waals surface area contributed by atoms with Gasteiger partial charge in [-0.1, -0.05) is 6.92 Å². The molecule has 0 rings (SSSR count). The van der Waals surface area contributed by atoms with Gasteiger partial charge in [-0.05, 0) is 0 Å². The van der Waals surface area contributed by atoms with Gasteiger partial charge in [-0.3, -0.25) is 0 Å². The van der Waals surface area contributed by atoms with E-state index in [4.69, 9.17) is 30.6 Å². The number of aliphatic hydroxyl groups is 6. The van der Waals surface area contributed by atoms with Crippen LogP contribution in [0.4, 0.5) is 0 Å². The zero-order valence-corrected chi connectivity index (χ0v) is 14.7. The molecular formula is C4H17AlCl4CoO6. The molecule has 0 saturated carbocycles. The fourth-order valence-corrected chi connectivity index (χ4v) is 0.